The van der Waals surface area contributed by atoms with Crippen LogP contribution in [0.2, 0.25) is 0 Å². The smallest absolute Gasteiger partial charge is 0.303 e. The van der Waals surface area contributed by atoms with Crippen LogP contribution < -0.4 is 5.32 Å². The molecule has 1 aromatic carbocycles. The highest BCUT2D eigenvalue weighted by Crippen LogP contribution is 2.16. The Morgan fingerprint density at radius 3 is 2.65 bits per heavy atom. The summed E-state index contributed by atoms with van der Waals surface area (Å²) in [7, 11) is 0. The number of amides is 1. The van der Waals surface area contributed by atoms with Crippen molar-refractivity contribution in [3.63, 3.8) is 0 Å². The second-order valence-corrected chi connectivity index (χ2v) is 5.45. The number of carbonyl (C=O) groups excluding carboxylic acids is 1. The van der Waals surface area contributed by atoms with Crippen molar-refractivity contribution in [2.45, 2.75) is 39.5 Å². The van der Waals surface area contributed by atoms with Crippen molar-refractivity contribution in [3.05, 3.63) is 46.8 Å². The SMILES string of the molecule is Cc1noc(C)c1CCC(=O)Nc1cccc(CCC(=O)O)c1. The summed E-state index contributed by atoms with van der Waals surface area (Å²) >= 11 is 0. The van der Waals surface area contributed by atoms with Crippen molar-refractivity contribution in [3.8, 4) is 0 Å². The molecule has 0 saturated heterocycles. The highest BCUT2D eigenvalue weighted by Gasteiger charge is 2.11. The summed E-state index contributed by atoms with van der Waals surface area (Å²) in [5.41, 5.74) is 3.34. The molecule has 0 aliphatic rings. The van der Waals surface area contributed by atoms with Crippen molar-refractivity contribution >= 4 is 17.6 Å². The van der Waals surface area contributed by atoms with Crippen LogP contribution in [0, 0.1) is 13.8 Å². The van der Waals surface area contributed by atoms with Gasteiger partial charge in [-0.25, -0.2) is 0 Å². The molecule has 1 aromatic heterocycles. The number of hydrogen-bond donors (Lipinski definition) is 2. The average Bonchev–Trinajstić information content (AvgIpc) is 2.82. The normalized spacial score (nSPS) is 10.5. The molecule has 6 heteroatoms. The first-order valence-corrected chi connectivity index (χ1v) is 7.48. The Bertz CT molecular complexity index is 687. The van der Waals surface area contributed by atoms with E-state index in [1.807, 2.05) is 19.9 Å². The Kier molecular flexibility index (Phi) is 5.51. The highest BCUT2D eigenvalue weighted by atomic mass is 16.5. The summed E-state index contributed by atoms with van der Waals surface area (Å²) in [5, 5.41) is 15.4. The van der Waals surface area contributed by atoms with Gasteiger partial charge in [0.25, 0.3) is 0 Å². The van der Waals surface area contributed by atoms with E-state index >= 15 is 0 Å². The molecule has 0 saturated carbocycles. The molecule has 0 fully saturated rings. The van der Waals surface area contributed by atoms with Gasteiger partial charge in [-0.3, -0.25) is 9.59 Å². The Morgan fingerprint density at radius 1 is 1.22 bits per heavy atom. The third-order valence-electron chi connectivity index (χ3n) is 3.62. The van der Waals surface area contributed by atoms with Crippen LogP contribution in [0.15, 0.2) is 28.8 Å². The molecular formula is C17H20N2O4. The lowest BCUT2D eigenvalue weighted by Gasteiger charge is -2.07. The first kappa shape index (κ1) is 16.7. The van der Waals surface area contributed by atoms with E-state index in [4.69, 9.17) is 9.63 Å². The first-order chi connectivity index (χ1) is 11.0. The minimum atomic E-state index is -0.834. The van der Waals surface area contributed by atoms with Gasteiger partial charge in [0, 0.05) is 24.1 Å². The van der Waals surface area contributed by atoms with Crippen molar-refractivity contribution in [2.75, 3.05) is 5.32 Å². The molecular weight excluding hydrogens is 296 g/mol. The number of benzene rings is 1. The largest absolute Gasteiger partial charge is 0.481 e. The maximum Gasteiger partial charge on any atom is 0.303 e. The van der Waals surface area contributed by atoms with E-state index in [9.17, 15) is 9.59 Å². The Hall–Kier alpha value is -2.63. The lowest BCUT2D eigenvalue weighted by Crippen LogP contribution is -2.13. The number of nitrogens with zero attached hydrogens (tertiary/aromatic N) is 1. The lowest BCUT2D eigenvalue weighted by atomic mass is 10.1. The molecule has 1 heterocycles. The van der Waals surface area contributed by atoms with Crippen LogP contribution in [0.4, 0.5) is 5.69 Å². The van der Waals surface area contributed by atoms with Gasteiger partial charge in [-0.15, -0.1) is 0 Å². The van der Waals surface area contributed by atoms with E-state index in [0.717, 1.165) is 22.6 Å². The van der Waals surface area contributed by atoms with Crippen LogP contribution in [-0.4, -0.2) is 22.1 Å². The molecule has 23 heavy (non-hydrogen) atoms. The number of hydrogen-bond acceptors (Lipinski definition) is 4. The summed E-state index contributed by atoms with van der Waals surface area (Å²) in [5.74, 6) is -0.190. The molecule has 2 aromatic rings. The Balaban J connectivity index is 1.90. The molecule has 0 unspecified atom stereocenters. The topological polar surface area (TPSA) is 92.4 Å². The van der Waals surface area contributed by atoms with Gasteiger partial charge in [0.05, 0.1) is 5.69 Å². The molecule has 0 bridgehead atoms. The number of aromatic nitrogens is 1. The van der Waals surface area contributed by atoms with Gasteiger partial charge in [0.2, 0.25) is 5.91 Å². The van der Waals surface area contributed by atoms with Crippen LogP contribution in [0.1, 0.15) is 35.4 Å². The minimum Gasteiger partial charge on any atom is -0.481 e. The van der Waals surface area contributed by atoms with Crippen molar-refractivity contribution in [1.29, 1.82) is 0 Å². The van der Waals surface area contributed by atoms with Crippen molar-refractivity contribution < 1.29 is 19.2 Å². The maximum atomic E-state index is 12.1. The van der Waals surface area contributed by atoms with Gasteiger partial charge < -0.3 is 14.9 Å². The summed E-state index contributed by atoms with van der Waals surface area (Å²) in [4.78, 5) is 22.7. The summed E-state index contributed by atoms with van der Waals surface area (Å²) in [6, 6.07) is 7.25. The fourth-order valence-corrected chi connectivity index (χ4v) is 2.38. The molecule has 0 radical (unpaired) electrons. The Morgan fingerprint density at radius 2 is 2.00 bits per heavy atom. The average molecular weight is 316 g/mol. The van der Waals surface area contributed by atoms with Gasteiger partial charge >= 0.3 is 5.97 Å². The van der Waals surface area contributed by atoms with Crippen LogP contribution in [0.3, 0.4) is 0 Å². The number of carboxylic acid groups (broad SMARTS) is 1. The number of anilines is 1. The van der Waals surface area contributed by atoms with Gasteiger partial charge in [-0.2, -0.15) is 0 Å². The fourth-order valence-electron chi connectivity index (χ4n) is 2.38. The van der Waals surface area contributed by atoms with Gasteiger partial charge in [0.15, 0.2) is 0 Å². The Labute approximate surface area is 134 Å². The zero-order valence-electron chi connectivity index (χ0n) is 13.3. The van der Waals surface area contributed by atoms with Gasteiger partial charge in [0.1, 0.15) is 5.76 Å². The maximum absolute atomic E-state index is 12.1. The number of carboxylic acids is 1. The summed E-state index contributed by atoms with van der Waals surface area (Å²) in [6.07, 6.45) is 1.43. The third-order valence-corrected chi connectivity index (χ3v) is 3.62. The monoisotopic (exact) mass is 316 g/mol. The highest BCUT2D eigenvalue weighted by molar-refractivity contribution is 5.90. The van der Waals surface area contributed by atoms with Gasteiger partial charge in [-0.1, -0.05) is 17.3 Å². The first-order valence-electron chi connectivity index (χ1n) is 7.48. The minimum absolute atomic E-state index is 0.0729. The molecule has 2 rings (SSSR count). The molecule has 6 nitrogen and oxygen atoms in total. The number of carbonyl (C=O) groups is 2. The zero-order chi connectivity index (χ0) is 16.8. The predicted octanol–water partition coefficient (Wildman–Crippen LogP) is 2.88. The molecule has 0 aliphatic heterocycles. The number of nitrogens with one attached hydrogen (secondary N) is 1. The quantitative estimate of drug-likeness (QED) is 0.819. The lowest BCUT2D eigenvalue weighted by molar-refractivity contribution is -0.137. The van der Waals surface area contributed by atoms with E-state index < -0.39 is 5.97 Å². The van der Waals surface area contributed by atoms with Crippen LogP contribution >= 0.6 is 0 Å². The predicted molar refractivity (Wildman–Crippen MR) is 85.3 cm³/mol. The molecule has 2 N–H and O–H groups in total. The third kappa shape index (κ3) is 4.95. The van der Waals surface area contributed by atoms with Crippen molar-refractivity contribution in [1.82, 2.24) is 5.16 Å². The van der Waals surface area contributed by atoms with Crippen molar-refractivity contribution in [2.24, 2.45) is 0 Å². The van der Waals surface area contributed by atoms with Crippen LogP contribution in [0.5, 0.6) is 0 Å². The van der Waals surface area contributed by atoms with E-state index in [0.29, 0.717) is 24.9 Å². The molecule has 0 aliphatic carbocycles. The number of aliphatic carboxylic acids is 1. The van der Waals surface area contributed by atoms with Gasteiger partial charge in [-0.05, 0) is 44.4 Å². The van der Waals surface area contributed by atoms with Crippen LogP contribution in [-0.2, 0) is 22.4 Å². The molecule has 122 valence electrons. The molecule has 0 atom stereocenters. The summed E-state index contributed by atoms with van der Waals surface area (Å²) in [6.45, 7) is 3.69. The van der Waals surface area contributed by atoms with E-state index in [2.05, 4.69) is 10.5 Å². The van der Waals surface area contributed by atoms with E-state index in [1.54, 1.807) is 18.2 Å². The second kappa shape index (κ2) is 7.58. The van der Waals surface area contributed by atoms with Crippen LogP contribution in [0.25, 0.3) is 0 Å². The molecule has 1 amide bonds. The second-order valence-electron chi connectivity index (χ2n) is 5.45. The fraction of sp³-hybridized carbons (Fsp3) is 0.353. The summed E-state index contributed by atoms with van der Waals surface area (Å²) < 4.78 is 5.08. The van der Waals surface area contributed by atoms with E-state index in [-0.39, 0.29) is 12.3 Å². The zero-order valence-corrected chi connectivity index (χ0v) is 13.3. The van der Waals surface area contributed by atoms with E-state index in [1.165, 1.54) is 0 Å². The number of rotatable bonds is 7. The standard InChI is InChI=1S/C17H20N2O4/c1-11-15(12(2)23-19-11)7-8-16(20)18-14-5-3-4-13(10-14)6-9-17(21)22/h3-5,10H,6-9H2,1-2H3,(H,18,20)(H,21,22). The molecule has 0 spiro atoms. The number of aryl methyl sites for hydroxylation is 3.